The Morgan fingerprint density at radius 3 is 2.93 bits per heavy atom. The zero-order chi connectivity index (χ0) is 10.8. The number of benzene rings is 1. The summed E-state index contributed by atoms with van der Waals surface area (Å²) in [4.78, 5) is 11.3. The van der Waals surface area contributed by atoms with Crippen molar-refractivity contribution in [1.29, 1.82) is 0 Å². The van der Waals surface area contributed by atoms with Gasteiger partial charge in [0.25, 0.3) is 0 Å². The minimum absolute atomic E-state index is 0.404. The molecule has 1 atom stereocenters. The van der Waals surface area contributed by atoms with Crippen LogP contribution in [0.25, 0.3) is 10.1 Å². The summed E-state index contributed by atoms with van der Waals surface area (Å²) in [5.74, 6) is -0.404. The van der Waals surface area contributed by atoms with E-state index >= 15 is 0 Å². The van der Waals surface area contributed by atoms with Gasteiger partial charge in [-0.3, -0.25) is 4.79 Å². The molecule has 0 amide bonds. The molecule has 78 valence electrons. The Labute approximate surface area is 91.5 Å². The highest BCUT2D eigenvalue weighted by atomic mass is 32.1. The highest BCUT2D eigenvalue weighted by Crippen LogP contribution is 2.29. The van der Waals surface area contributed by atoms with Crippen molar-refractivity contribution in [2.75, 3.05) is 7.11 Å². The summed E-state index contributed by atoms with van der Waals surface area (Å²) < 4.78 is 5.76. The third-order valence-electron chi connectivity index (χ3n) is 2.30. The molecule has 0 aliphatic carbocycles. The van der Waals surface area contributed by atoms with E-state index < -0.39 is 12.0 Å². The Morgan fingerprint density at radius 2 is 2.20 bits per heavy atom. The number of esters is 1. The van der Waals surface area contributed by atoms with E-state index in [1.54, 1.807) is 11.3 Å². The van der Waals surface area contributed by atoms with Gasteiger partial charge >= 0.3 is 5.97 Å². The van der Waals surface area contributed by atoms with E-state index in [0.717, 1.165) is 15.6 Å². The van der Waals surface area contributed by atoms with Crippen molar-refractivity contribution in [2.24, 2.45) is 5.73 Å². The van der Waals surface area contributed by atoms with Gasteiger partial charge in [-0.05, 0) is 22.4 Å². The van der Waals surface area contributed by atoms with E-state index in [1.165, 1.54) is 7.11 Å². The fraction of sp³-hybridized carbons (Fsp3) is 0.182. The number of fused-ring (bicyclic) bond motifs is 1. The highest BCUT2D eigenvalue weighted by Gasteiger charge is 2.19. The Balaban J connectivity index is 2.48. The number of hydrogen-bond acceptors (Lipinski definition) is 4. The molecule has 0 aliphatic rings. The molecule has 0 unspecified atom stereocenters. The number of methoxy groups -OCH3 is 1. The van der Waals surface area contributed by atoms with E-state index in [2.05, 4.69) is 4.74 Å². The second-order valence-corrected chi connectivity index (χ2v) is 4.10. The van der Waals surface area contributed by atoms with Crippen LogP contribution < -0.4 is 5.73 Å². The van der Waals surface area contributed by atoms with Gasteiger partial charge < -0.3 is 10.5 Å². The molecule has 15 heavy (non-hydrogen) atoms. The summed E-state index contributed by atoms with van der Waals surface area (Å²) in [5.41, 5.74) is 6.63. The topological polar surface area (TPSA) is 52.3 Å². The highest BCUT2D eigenvalue weighted by molar-refractivity contribution is 7.17. The summed E-state index contributed by atoms with van der Waals surface area (Å²) in [5, 5.41) is 2.94. The van der Waals surface area contributed by atoms with Crippen molar-refractivity contribution >= 4 is 27.4 Å². The maximum Gasteiger partial charge on any atom is 0.327 e. The molecule has 2 N–H and O–H groups in total. The average Bonchev–Trinajstić information content (AvgIpc) is 2.70. The molecule has 0 fully saturated rings. The van der Waals surface area contributed by atoms with Crippen molar-refractivity contribution in [1.82, 2.24) is 0 Å². The van der Waals surface area contributed by atoms with Gasteiger partial charge in [-0.2, -0.15) is 0 Å². The van der Waals surface area contributed by atoms with Gasteiger partial charge in [0.15, 0.2) is 0 Å². The summed E-state index contributed by atoms with van der Waals surface area (Å²) in [6.45, 7) is 0. The molecule has 0 aliphatic heterocycles. The lowest BCUT2D eigenvalue weighted by Gasteiger charge is -2.07. The fourth-order valence-corrected chi connectivity index (χ4v) is 2.49. The molecule has 0 bridgehead atoms. The number of hydrogen-bond donors (Lipinski definition) is 1. The molecule has 0 radical (unpaired) electrons. The lowest BCUT2D eigenvalue weighted by Crippen LogP contribution is -2.22. The molecule has 3 nitrogen and oxygen atoms in total. The third-order valence-corrected chi connectivity index (χ3v) is 3.28. The molecule has 4 heteroatoms. The van der Waals surface area contributed by atoms with Crippen LogP contribution in [0.15, 0.2) is 29.6 Å². The van der Waals surface area contributed by atoms with Gasteiger partial charge in [0.2, 0.25) is 0 Å². The van der Waals surface area contributed by atoms with Crippen LogP contribution in [-0.4, -0.2) is 13.1 Å². The number of carbonyl (C=O) groups is 1. The van der Waals surface area contributed by atoms with Crippen molar-refractivity contribution < 1.29 is 9.53 Å². The maximum absolute atomic E-state index is 11.3. The molecule has 0 spiro atoms. The Bertz CT molecular complexity index is 492. The van der Waals surface area contributed by atoms with E-state index in [0.29, 0.717) is 0 Å². The molecular weight excluding hydrogens is 210 g/mol. The largest absolute Gasteiger partial charge is 0.468 e. The minimum Gasteiger partial charge on any atom is -0.468 e. The minimum atomic E-state index is -0.689. The van der Waals surface area contributed by atoms with E-state index in [-0.39, 0.29) is 0 Å². The molecule has 1 aromatic carbocycles. The van der Waals surface area contributed by atoms with Gasteiger partial charge in [-0.1, -0.05) is 18.2 Å². The van der Waals surface area contributed by atoms with Crippen LogP contribution in [0.1, 0.15) is 11.6 Å². The van der Waals surface area contributed by atoms with Crippen molar-refractivity contribution in [3.63, 3.8) is 0 Å². The molecule has 0 saturated carbocycles. The summed E-state index contributed by atoms with van der Waals surface area (Å²) >= 11 is 1.58. The molecule has 1 heterocycles. The number of ether oxygens (including phenoxy) is 1. The molecule has 2 aromatic rings. The molecule has 0 saturated heterocycles. The van der Waals surface area contributed by atoms with Crippen LogP contribution in [0.4, 0.5) is 0 Å². The van der Waals surface area contributed by atoms with E-state index in [4.69, 9.17) is 5.73 Å². The Morgan fingerprint density at radius 1 is 1.47 bits per heavy atom. The Kier molecular flexibility index (Phi) is 2.70. The SMILES string of the molecule is COC(=O)[C@@H](N)c1csc2ccccc12. The predicted octanol–water partition coefficient (Wildman–Crippen LogP) is 2.07. The van der Waals surface area contributed by atoms with Crippen LogP contribution in [-0.2, 0) is 9.53 Å². The Hall–Kier alpha value is -1.39. The first-order valence-corrected chi connectivity index (χ1v) is 5.41. The number of nitrogens with two attached hydrogens (primary N) is 1. The lowest BCUT2D eigenvalue weighted by molar-refractivity contribution is -0.142. The van der Waals surface area contributed by atoms with Gasteiger partial charge in [0.1, 0.15) is 6.04 Å². The summed E-state index contributed by atoms with van der Waals surface area (Å²) in [6.07, 6.45) is 0. The first kappa shape index (κ1) is 10.1. The van der Waals surface area contributed by atoms with Crippen LogP contribution in [0.3, 0.4) is 0 Å². The molecule has 2 rings (SSSR count). The van der Waals surface area contributed by atoms with Crippen molar-refractivity contribution in [3.8, 4) is 0 Å². The quantitative estimate of drug-likeness (QED) is 0.790. The zero-order valence-electron chi connectivity index (χ0n) is 8.27. The smallest absolute Gasteiger partial charge is 0.327 e. The monoisotopic (exact) mass is 221 g/mol. The molecular formula is C11H11NO2S. The maximum atomic E-state index is 11.3. The second-order valence-electron chi connectivity index (χ2n) is 3.19. The summed E-state index contributed by atoms with van der Waals surface area (Å²) in [7, 11) is 1.34. The first-order chi connectivity index (χ1) is 7.24. The fourth-order valence-electron chi connectivity index (χ4n) is 1.49. The summed E-state index contributed by atoms with van der Waals surface area (Å²) in [6, 6.07) is 7.18. The van der Waals surface area contributed by atoms with Gasteiger partial charge in [-0.25, -0.2) is 0 Å². The van der Waals surface area contributed by atoms with Gasteiger partial charge in [0, 0.05) is 4.70 Å². The van der Waals surface area contributed by atoms with Gasteiger partial charge in [-0.15, -0.1) is 11.3 Å². The standard InChI is InChI=1S/C11H11NO2S/c1-14-11(13)10(12)8-6-15-9-5-3-2-4-7(8)9/h2-6,10H,12H2,1H3/t10-/m0/s1. The number of rotatable bonds is 2. The second kappa shape index (κ2) is 4.00. The first-order valence-electron chi connectivity index (χ1n) is 4.53. The van der Waals surface area contributed by atoms with Crippen LogP contribution in [0.2, 0.25) is 0 Å². The molecule has 1 aromatic heterocycles. The average molecular weight is 221 g/mol. The van der Waals surface area contributed by atoms with Crippen molar-refractivity contribution in [2.45, 2.75) is 6.04 Å². The normalized spacial score (nSPS) is 12.7. The van der Waals surface area contributed by atoms with Crippen LogP contribution in [0, 0.1) is 0 Å². The van der Waals surface area contributed by atoms with E-state index in [9.17, 15) is 4.79 Å². The number of thiophene rings is 1. The van der Waals surface area contributed by atoms with Crippen LogP contribution in [0.5, 0.6) is 0 Å². The van der Waals surface area contributed by atoms with E-state index in [1.807, 2.05) is 29.6 Å². The number of carbonyl (C=O) groups excluding carboxylic acids is 1. The van der Waals surface area contributed by atoms with Crippen molar-refractivity contribution in [3.05, 3.63) is 35.2 Å². The lowest BCUT2D eigenvalue weighted by atomic mass is 10.1. The predicted molar refractivity (Wildman–Crippen MR) is 60.8 cm³/mol. The third kappa shape index (κ3) is 1.73. The van der Waals surface area contributed by atoms with Crippen LogP contribution >= 0.6 is 11.3 Å². The zero-order valence-corrected chi connectivity index (χ0v) is 9.08. The van der Waals surface area contributed by atoms with Gasteiger partial charge in [0.05, 0.1) is 7.11 Å².